The highest BCUT2D eigenvalue weighted by Crippen LogP contribution is 2.34. The van der Waals surface area contributed by atoms with Gasteiger partial charge in [-0.25, -0.2) is 5.10 Å². The molecule has 1 aliphatic heterocycles. The number of aromatic amines is 1. The zero-order valence-corrected chi connectivity index (χ0v) is 11.3. The molecule has 2 aromatic rings. The molecule has 0 atom stereocenters. The number of benzene rings is 1. The minimum absolute atomic E-state index is 0.271. The maximum absolute atomic E-state index is 11.9. The number of amides is 1. The first-order valence-electron chi connectivity index (χ1n) is 5.87. The summed E-state index contributed by atoms with van der Waals surface area (Å²) in [5.41, 5.74) is 0.929. The number of nitrogens with zero attached hydrogens (tertiary/aromatic N) is 3. The molecule has 0 saturated carbocycles. The lowest BCUT2D eigenvalue weighted by atomic mass is 10.2. The van der Waals surface area contributed by atoms with Crippen molar-refractivity contribution in [1.29, 1.82) is 0 Å². The number of anilines is 1. The van der Waals surface area contributed by atoms with E-state index in [1.54, 1.807) is 0 Å². The molecule has 3 rings (SSSR count). The molecule has 1 aromatic heterocycles. The first-order valence-corrected chi connectivity index (χ1v) is 6.68. The lowest BCUT2D eigenvalue weighted by Crippen LogP contribution is -2.30. The smallest absolute Gasteiger partial charge is 0.273 e. The Morgan fingerprint density at radius 2 is 2.05 bits per heavy atom. The van der Waals surface area contributed by atoms with Crippen LogP contribution >= 0.6 is 11.8 Å². The number of hydrazone groups is 1. The third-order valence-corrected chi connectivity index (χ3v) is 3.84. The van der Waals surface area contributed by atoms with Gasteiger partial charge in [-0.3, -0.25) is 9.59 Å². The highest BCUT2D eigenvalue weighted by Gasteiger charge is 2.26. The first kappa shape index (κ1) is 12.6. The van der Waals surface area contributed by atoms with Crippen molar-refractivity contribution >= 4 is 28.4 Å². The van der Waals surface area contributed by atoms with Crippen molar-refractivity contribution in [2.75, 3.05) is 5.01 Å². The van der Waals surface area contributed by atoms with E-state index in [0.717, 1.165) is 5.56 Å². The van der Waals surface area contributed by atoms with Crippen molar-refractivity contribution in [3.05, 3.63) is 52.4 Å². The Bertz CT molecular complexity index is 754. The molecule has 0 radical (unpaired) electrons. The number of thioether (sulfide) groups is 1. The van der Waals surface area contributed by atoms with Crippen LogP contribution in [0.2, 0.25) is 0 Å². The van der Waals surface area contributed by atoms with Crippen LogP contribution < -0.4 is 10.6 Å². The standard InChI is InChI=1S/C13H10N4O2S/c1-8(18)17-10-7-14-15-12(19)11(10)20-13(16-17)9-5-3-2-4-6-9/h2-7H,1H3,(H,15,19). The summed E-state index contributed by atoms with van der Waals surface area (Å²) in [4.78, 5) is 24.0. The van der Waals surface area contributed by atoms with Crippen LogP contribution in [0.5, 0.6) is 0 Å². The highest BCUT2D eigenvalue weighted by atomic mass is 32.2. The van der Waals surface area contributed by atoms with Gasteiger partial charge in [-0.05, 0) is 0 Å². The van der Waals surface area contributed by atoms with Crippen molar-refractivity contribution in [3.8, 4) is 0 Å². The van der Waals surface area contributed by atoms with Gasteiger partial charge in [-0.15, -0.1) is 0 Å². The molecule has 0 spiro atoms. The fraction of sp³-hybridized carbons (Fsp3) is 0.0769. The second-order valence-electron chi connectivity index (χ2n) is 4.12. The molecule has 0 aliphatic carbocycles. The van der Waals surface area contributed by atoms with Gasteiger partial charge in [0.25, 0.3) is 5.56 Å². The number of fused-ring (bicyclic) bond motifs is 1. The Hall–Kier alpha value is -2.41. The number of carbonyl (C=O) groups excluding carboxylic acids is 1. The predicted octanol–water partition coefficient (Wildman–Crippen LogP) is 1.59. The number of aromatic nitrogens is 2. The van der Waals surface area contributed by atoms with E-state index in [1.165, 1.54) is 29.9 Å². The van der Waals surface area contributed by atoms with Gasteiger partial charge in [0.1, 0.15) is 15.6 Å². The third kappa shape index (κ3) is 2.12. The number of H-pyrrole nitrogens is 1. The summed E-state index contributed by atoms with van der Waals surface area (Å²) in [7, 11) is 0. The van der Waals surface area contributed by atoms with Crippen molar-refractivity contribution in [2.45, 2.75) is 11.8 Å². The molecule has 0 saturated heterocycles. The Balaban J connectivity index is 2.15. The van der Waals surface area contributed by atoms with E-state index in [2.05, 4.69) is 15.3 Å². The number of hydrogen-bond donors (Lipinski definition) is 1. The molecule has 100 valence electrons. The normalized spacial score (nSPS) is 13.7. The topological polar surface area (TPSA) is 78.4 Å². The zero-order valence-electron chi connectivity index (χ0n) is 10.5. The molecule has 1 amide bonds. The predicted molar refractivity (Wildman–Crippen MR) is 76.9 cm³/mol. The fourth-order valence-electron chi connectivity index (χ4n) is 1.83. The maximum atomic E-state index is 11.9. The van der Waals surface area contributed by atoms with E-state index in [-0.39, 0.29) is 11.5 Å². The van der Waals surface area contributed by atoms with Gasteiger partial charge in [-0.1, -0.05) is 42.1 Å². The molecule has 7 heteroatoms. The average Bonchev–Trinajstić information content (AvgIpc) is 2.47. The summed E-state index contributed by atoms with van der Waals surface area (Å²) in [6, 6.07) is 9.41. The van der Waals surface area contributed by atoms with Crippen molar-refractivity contribution in [3.63, 3.8) is 0 Å². The van der Waals surface area contributed by atoms with Gasteiger partial charge in [-0.2, -0.15) is 15.2 Å². The molecule has 0 unspecified atom stereocenters. The molecule has 1 aliphatic rings. The van der Waals surface area contributed by atoms with Crippen molar-refractivity contribution < 1.29 is 4.79 Å². The van der Waals surface area contributed by atoms with E-state index < -0.39 is 0 Å². The molecule has 1 N–H and O–H groups in total. The maximum Gasteiger partial charge on any atom is 0.280 e. The Kier molecular flexibility index (Phi) is 3.11. The molecule has 1 aromatic carbocycles. The van der Waals surface area contributed by atoms with Crippen LogP contribution in [-0.2, 0) is 4.79 Å². The first-order chi connectivity index (χ1) is 9.66. The van der Waals surface area contributed by atoms with Gasteiger partial charge < -0.3 is 0 Å². The molecule has 2 heterocycles. The third-order valence-electron chi connectivity index (χ3n) is 2.73. The summed E-state index contributed by atoms with van der Waals surface area (Å²) in [6.45, 7) is 1.40. The molecule has 20 heavy (non-hydrogen) atoms. The summed E-state index contributed by atoms with van der Waals surface area (Å²) < 4.78 is 0. The van der Waals surface area contributed by atoms with Crippen LogP contribution in [-0.4, -0.2) is 21.1 Å². The van der Waals surface area contributed by atoms with Gasteiger partial charge in [0, 0.05) is 12.5 Å². The van der Waals surface area contributed by atoms with E-state index >= 15 is 0 Å². The average molecular weight is 286 g/mol. The van der Waals surface area contributed by atoms with Gasteiger partial charge in [0.15, 0.2) is 0 Å². The van der Waals surface area contributed by atoms with Crippen LogP contribution in [0.4, 0.5) is 5.69 Å². The number of rotatable bonds is 1. The van der Waals surface area contributed by atoms with E-state index in [1.807, 2.05) is 30.3 Å². The van der Waals surface area contributed by atoms with Crippen LogP contribution in [0.3, 0.4) is 0 Å². The minimum atomic E-state index is -0.331. The lowest BCUT2D eigenvalue weighted by molar-refractivity contribution is -0.116. The van der Waals surface area contributed by atoms with Crippen LogP contribution in [0.1, 0.15) is 12.5 Å². The van der Waals surface area contributed by atoms with Crippen molar-refractivity contribution in [2.24, 2.45) is 5.10 Å². The summed E-state index contributed by atoms with van der Waals surface area (Å²) >= 11 is 1.23. The lowest BCUT2D eigenvalue weighted by Gasteiger charge is -2.23. The summed E-state index contributed by atoms with van der Waals surface area (Å²) in [6.07, 6.45) is 1.43. The van der Waals surface area contributed by atoms with E-state index in [9.17, 15) is 9.59 Å². The van der Waals surface area contributed by atoms with Crippen LogP contribution in [0.25, 0.3) is 0 Å². The fourth-order valence-corrected chi connectivity index (χ4v) is 2.78. The number of nitrogens with one attached hydrogen (secondary N) is 1. The van der Waals surface area contributed by atoms with E-state index in [0.29, 0.717) is 15.6 Å². The number of hydrogen-bond acceptors (Lipinski definition) is 5. The summed E-state index contributed by atoms with van der Waals surface area (Å²) in [5, 5.41) is 12.2. The Morgan fingerprint density at radius 1 is 1.30 bits per heavy atom. The molecular weight excluding hydrogens is 276 g/mol. The second kappa shape index (κ2) is 4.93. The van der Waals surface area contributed by atoms with Crippen molar-refractivity contribution in [1.82, 2.24) is 10.2 Å². The van der Waals surface area contributed by atoms with Crippen LogP contribution in [0.15, 0.2) is 51.3 Å². The highest BCUT2D eigenvalue weighted by molar-refractivity contribution is 8.14. The molecule has 6 nitrogen and oxygen atoms in total. The van der Waals surface area contributed by atoms with Crippen LogP contribution in [0, 0.1) is 0 Å². The molecule has 0 bridgehead atoms. The Morgan fingerprint density at radius 3 is 2.75 bits per heavy atom. The summed E-state index contributed by atoms with van der Waals surface area (Å²) in [5.74, 6) is -0.271. The monoisotopic (exact) mass is 286 g/mol. The van der Waals surface area contributed by atoms with E-state index in [4.69, 9.17) is 0 Å². The second-order valence-corrected chi connectivity index (χ2v) is 5.12. The largest absolute Gasteiger partial charge is 0.280 e. The SMILES string of the molecule is CC(=O)N1N=C(c2ccccc2)Sc2c1cn[nH]c2=O. The van der Waals surface area contributed by atoms with Gasteiger partial charge in [0.05, 0.1) is 6.20 Å². The Labute approximate surface area is 118 Å². The van der Waals surface area contributed by atoms with Gasteiger partial charge in [0.2, 0.25) is 5.91 Å². The number of carbonyl (C=O) groups is 1. The zero-order chi connectivity index (χ0) is 14.1. The molecular formula is C13H10N4O2S. The quantitative estimate of drug-likeness (QED) is 0.863. The molecule has 0 fully saturated rings. The van der Waals surface area contributed by atoms with Gasteiger partial charge >= 0.3 is 0 Å². The minimum Gasteiger partial charge on any atom is -0.273 e.